The molecule has 1 heterocycles. The highest BCUT2D eigenvalue weighted by atomic mass is 16.4. The number of urea groups is 1. The third kappa shape index (κ3) is 3.01. The van der Waals surface area contributed by atoms with Crippen LogP contribution >= 0.6 is 0 Å². The molecule has 5 nitrogen and oxygen atoms in total. The highest BCUT2D eigenvalue weighted by Gasteiger charge is 2.38. The second-order valence-electron chi connectivity index (χ2n) is 6.31. The first-order chi connectivity index (χ1) is 8.92. The number of carbonyl (C=O) groups is 2. The van der Waals surface area contributed by atoms with Crippen molar-refractivity contribution in [1.29, 1.82) is 0 Å². The van der Waals surface area contributed by atoms with E-state index in [9.17, 15) is 9.59 Å². The van der Waals surface area contributed by atoms with Crippen molar-refractivity contribution in [3.63, 3.8) is 0 Å². The fourth-order valence-corrected chi connectivity index (χ4v) is 3.27. The summed E-state index contributed by atoms with van der Waals surface area (Å²) in [5, 5.41) is 11.7. The predicted octanol–water partition coefficient (Wildman–Crippen LogP) is 2.21. The van der Waals surface area contributed by atoms with Crippen molar-refractivity contribution in [3.05, 3.63) is 0 Å². The van der Waals surface area contributed by atoms with Gasteiger partial charge in [-0.1, -0.05) is 12.8 Å². The Kier molecular flexibility index (Phi) is 4.02. The van der Waals surface area contributed by atoms with Gasteiger partial charge in [-0.3, -0.25) is 0 Å². The smallest absolute Gasteiger partial charge is 0.328 e. The van der Waals surface area contributed by atoms with Crippen molar-refractivity contribution in [2.45, 2.75) is 64.0 Å². The van der Waals surface area contributed by atoms with Crippen molar-refractivity contribution >= 4 is 12.0 Å². The fourth-order valence-electron chi connectivity index (χ4n) is 3.27. The lowest BCUT2D eigenvalue weighted by atomic mass is 9.78. The van der Waals surface area contributed by atoms with Gasteiger partial charge in [0.25, 0.3) is 0 Å². The van der Waals surface area contributed by atoms with E-state index in [0.717, 1.165) is 19.4 Å². The van der Waals surface area contributed by atoms with Crippen molar-refractivity contribution in [3.8, 4) is 0 Å². The first-order valence-corrected chi connectivity index (χ1v) is 7.24. The first-order valence-electron chi connectivity index (χ1n) is 7.24. The molecule has 0 aromatic carbocycles. The van der Waals surface area contributed by atoms with Crippen LogP contribution in [0.3, 0.4) is 0 Å². The Morgan fingerprint density at radius 3 is 2.47 bits per heavy atom. The zero-order chi connectivity index (χ0) is 14.0. The number of fused-ring (bicyclic) bond motifs is 1. The SMILES string of the molecule is CC(C)(NC(=O)N1CCCC2CCCCC21)C(=O)O. The van der Waals surface area contributed by atoms with E-state index in [-0.39, 0.29) is 6.03 Å². The molecular formula is C14H24N2O3. The van der Waals surface area contributed by atoms with Crippen molar-refractivity contribution in [2.24, 2.45) is 5.92 Å². The van der Waals surface area contributed by atoms with Crippen molar-refractivity contribution in [1.82, 2.24) is 10.2 Å². The van der Waals surface area contributed by atoms with E-state index in [1.807, 2.05) is 4.90 Å². The third-order valence-corrected chi connectivity index (χ3v) is 4.46. The number of carbonyl (C=O) groups excluding carboxylic acids is 1. The molecule has 0 aromatic rings. The summed E-state index contributed by atoms with van der Waals surface area (Å²) < 4.78 is 0. The summed E-state index contributed by atoms with van der Waals surface area (Å²) in [5.74, 6) is -0.390. The average Bonchev–Trinajstić information content (AvgIpc) is 2.37. The van der Waals surface area contributed by atoms with Gasteiger partial charge in [-0.2, -0.15) is 0 Å². The molecule has 108 valence electrons. The van der Waals surface area contributed by atoms with Crippen LogP contribution in [0, 0.1) is 5.92 Å². The minimum atomic E-state index is -1.21. The molecule has 2 N–H and O–H groups in total. The molecule has 2 aliphatic rings. The van der Waals surface area contributed by atoms with Gasteiger partial charge in [0, 0.05) is 12.6 Å². The molecule has 19 heavy (non-hydrogen) atoms. The van der Waals surface area contributed by atoms with Crippen LogP contribution in [0.15, 0.2) is 0 Å². The fraction of sp³-hybridized carbons (Fsp3) is 0.857. The maximum Gasteiger partial charge on any atom is 0.328 e. The first kappa shape index (κ1) is 14.2. The molecule has 0 bridgehead atoms. The Labute approximate surface area is 114 Å². The number of likely N-dealkylation sites (tertiary alicyclic amines) is 1. The van der Waals surface area contributed by atoms with Gasteiger partial charge in [-0.05, 0) is 45.4 Å². The molecule has 2 unspecified atom stereocenters. The summed E-state index contributed by atoms with van der Waals surface area (Å²) in [6.07, 6.45) is 6.94. The molecule has 0 aromatic heterocycles. The van der Waals surface area contributed by atoms with Gasteiger partial charge in [0.05, 0.1) is 0 Å². The standard InChI is InChI=1S/C14H24N2O3/c1-14(2,12(17)18)15-13(19)16-9-5-7-10-6-3-4-8-11(10)16/h10-11H,3-9H2,1-2H3,(H,15,19)(H,17,18). The number of amides is 2. The van der Waals surface area contributed by atoms with Gasteiger partial charge in [0.1, 0.15) is 5.54 Å². The van der Waals surface area contributed by atoms with Gasteiger partial charge in [0.2, 0.25) is 0 Å². The van der Waals surface area contributed by atoms with E-state index in [2.05, 4.69) is 5.32 Å². The Bertz CT molecular complexity index is 366. The number of nitrogens with one attached hydrogen (secondary N) is 1. The number of hydrogen-bond donors (Lipinski definition) is 2. The summed E-state index contributed by atoms with van der Waals surface area (Å²) in [4.78, 5) is 25.3. The Balaban J connectivity index is 2.03. The molecular weight excluding hydrogens is 244 g/mol. The second-order valence-corrected chi connectivity index (χ2v) is 6.31. The minimum Gasteiger partial charge on any atom is -0.480 e. The monoisotopic (exact) mass is 268 g/mol. The van der Waals surface area contributed by atoms with Crippen LogP contribution < -0.4 is 5.32 Å². The van der Waals surface area contributed by atoms with Gasteiger partial charge in [0.15, 0.2) is 0 Å². The number of carboxylic acids is 1. The molecule has 2 atom stereocenters. The number of nitrogens with zero attached hydrogens (tertiary/aromatic N) is 1. The Morgan fingerprint density at radius 2 is 1.79 bits per heavy atom. The van der Waals surface area contributed by atoms with Crippen molar-refractivity contribution < 1.29 is 14.7 Å². The van der Waals surface area contributed by atoms with Crippen LogP contribution in [0.4, 0.5) is 4.79 Å². The zero-order valence-corrected chi connectivity index (χ0v) is 11.8. The summed E-state index contributed by atoms with van der Waals surface area (Å²) >= 11 is 0. The Hall–Kier alpha value is -1.26. The van der Waals surface area contributed by atoms with Crippen LogP contribution in [-0.2, 0) is 4.79 Å². The molecule has 2 fully saturated rings. The molecule has 2 rings (SSSR count). The van der Waals surface area contributed by atoms with Crippen LogP contribution in [0.25, 0.3) is 0 Å². The van der Waals surface area contributed by atoms with Crippen molar-refractivity contribution in [2.75, 3.05) is 6.54 Å². The van der Waals surface area contributed by atoms with E-state index in [1.165, 1.54) is 39.5 Å². The van der Waals surface area contributed by atoms with Crippen LogP contribution in [0.2, 0.25) is 0 Å². The predicted molar refractivity (Wildman–Crippen MR) is 71.9 cm³/mol. The number of aliphatic carboxylic acids is 1. The lowest BCUT2D eigenvalue weighted by molar-refractivity contribution is -0.143. The average molecular weight is 268 g/mol. The van der Waals surface area contributed by atoms with Gasteiger partial charge in [-0.15, -0.1) is 0 Å². The number of rotatable bonds is 2. The van der Waals surface area contributed by atoms with Crippen LogP contribution in [-0.4, -0.2) is 40.1 Å². The summed E-state index contributed by atoms with van der Waals surface area (Å²) in [6, 6.07) is 0.0936. The third-order valence-electron chi connectivity index (χ3n) is 4.46. The topological polar surface area (TPSA) is 69.6 Å². The number of hydrogen-bond acceptors (Lipinski definition) is 2. The van der Waals surface area contributed by atoms with Gasteiger partial charge >= 0.3 is 12.0 Å². The van der Waals surface area contributed by atoms with E-state index in [0.29, 0.717) is 12.0 Å². The largest absolute Gasteiger partial charge is 0.480 e. The lowest BCUT2D eigenvalue weighted by Gasteiger charge is -2.44. The second kappa shape index (κ2) is 5.39. The Morgan fingerprint density at radius 1 is 1.16 bits per heavy atom. The molecule has 1 aliphatic heterocycles. The molecule has 1 saturated heterocycles. The normalized spacial score (nSPS) is 27.6. The summed E-state index contributed by atoms with van der Waals surface area (Å²) in [5.41, 5.74) is -1.21. The van der Waals surface area contributed by atoms with E-state index < -0.39 is 11.5 Å². The van der Waals surface area contributed by atoms with Gasteiger partial charge < -0.3 is 15.3 Å². The summed E-state index contributed by atoms with van der Waals surface area (Å²) in [7, 11) is 0. The van der Waals surface area contributed by atoms with E-state index >= 15 is 0 Å². The van der Waals surface area contributed by atoms with E-state index in [4.69, 9.17) is 5.11 Å². The molecule has 1 saturated carbocycles. The molecule has 1 aliphatic carbocycles. The van der Waals surface area contributed by atoms with Gasteiger partial charge in [-0.25, -0.2) is 9.59 Å². The lowest BCUT2D eigenvalue weighted by Crippen LogP contribution is -2.59. The highest BCUT2D eigenvalue weighted by Crippen LogP contribution is 2.35. The number of piperidine rings is 1. The molecule has 0 radical (unpaired) electrons. The van der Waals surface area contributed by atoms with E-state index in [1.54, 1.807) is 0 Å². The maximum atomic E-state index is 12.3. The van der Waals surface area contributed by atoms with Crippen LogP contribution in [0.1, 0.15) is 52.4 Å². The van der Waals surface area contributed by atoms with Crippen LogP contribution in [0.5, 0.6) is 0 Å². The number of carboxylic acid groups (broad SMARTS) is 1. The molecule has 0 spiro atoms. The quantitative estimate of drug-likeness (QED) is 0.806. The molecule has 2 amide bonds. The highest BCUT2D eigenvalue weighted by molar-refractivity contribution is 5.85. The summed E-state index contributed by atoms with van der Waals surface area (Å²) in [6.45, 7) is 3.80. The maximum absolute atomic E-state index is 12.3. The molecule has 5 heteroatoms. The zero-order valence-electron chi connectivity index (χ0n) is 11.8. The minimum absolute atomic E-state index is 0.219.